The second kappa shape index (κ2) is 6.01. The number of non-ortho nitro benzene ring substituents is 1. The van der Waals surface area contributed by atoms with E-state index in [1.807, 2.05) is 30.3 Å². The van der Waals surface area contributed by atoms with Crippen LogP contribution in [0.3, 0.4) is 0 Å². The highest BCUT2D eigenvalue weighted by Crippen LogP contribution is 2.34. The fourth-order valence-corrected chi connectivity index (χ4v) is 3.20. The van der Waals surface area contributed by atoms with Crippen LogP contribution in [0, 0.1) is 10.1 Å². The monoisotopic (exact) mass is 337 g/mol. The van der Waals surface area contributed by atoms with Gasteiger partial charge in [0.05, 0.1) is 10.6 Å². The Morgan fingerprint density at radius 3 is 2.80 bits per heavy atom. The van der Waals surface area contributed by atoms with Gasteiger partial charge >= 0.3 is 0 Å². The van der Waals surface area contributed by atoms with Crippen molar-refractivity contribution in [2.75, 3.05) is 11.4 Å². The Morgan fingerprint density at radius 2 is 2.04 bits per heavy atom. The molecule has 7 nitrogen and oxygen atoms in total. The molecule has 7 heteroatoms. The minimum atomic E-state index is -0.455. The molecule has 1 atom stereocenters. The van der Waals surface area contributed by atoms with Gasteiger partial charge in [0.15, 0.2) is 6.10 Å². The first-order chi connectivity index (χ1) is 12.1. The van der Waals surface area contributed by atoms with Gasteiger partial charge in [-0.2, -0.15) is 0 Å². The maximum atomic E-state index is 12.8. The van der Waals surface area contributed by atoms with Crippen LogP contribution in [0.4, 0.5) is 11.4 Å². The number of anilines is 1. The maximum absolute atomic E-state index is 12.8. The fourth-order valence-electron chi connectivity index (χ4n) is 3.20. The van der Waals surface area contributed by atoms with E-state index in [0.29, 0.717) is 30.8 Å². The van der Waals surface area contributed by atoms with E-state index in [9.17, 15) is 14.9 Å². The number of rotatable bonds is 3. The Balaban J connectivity index is 1.54. The van der Waals surface area contributed by atoms with Crippen LogP contribution in [0.25, 0.3) is 0 Å². The van der Waals surface area contributed by atoms with Gasteiger partial charge < -0.3 is 9.74 Å². The summed E-state index contributed by atoms with van der Waals surface area (Å²) < 4.78 is 0. The van der Waals surface area contributed by atoms with Gasteiger partial charge in [0.2, 0.25) is 0 Å². The summed E-state index contributed by atoms with van der Waals surface area (Å²) >= 11 is 0. The molecule has 2 aromatic rings. The Hall–Kier alpha value is -3.22. The van der Waals surface area contributed by atoms with Crippen molar-refractivity contribution in [3.63, 3.8) is 0 Å². The quantitative estimate of drug-likeness (QED) is 0.636. The molecule has 0 radical (unpaired) electrons. The predicted molar refractivity (Wildman–Crippen MR) is 91.5 cm³/mol. The lowest BCUT2D eigenvalue weighted by Crippen LogP contribution is -2.34. The van der Waals surface area contributed by atoms with E-state index < -0.39 is 4.92 Å². The number of nitro groups is 1. The third-order valence-electron chi connectivity index (χ3n) is 4.51. The molecule has 2 aliphatic rings. The van der Waals surface area contributed by atoms with Gasteiger partial charge in [-0.15, -0.1) is 0 Å². The minimum absolute atomic E-state index is 0.0229. The molecule has 2 aromatic carbocycles. The lowest BCUT2D eigenvalue weighted by Gasteiger charge is -2.16. The topological polar surface area (TPSA) is 85.0 Å². The summed E-state index contributed by atoms with van der Waals surface area (Å²) in [5.41, 5.74) is 2.80. The summed E-state index contributed by atoms with van der Waals surface area (Å²) in [6.07, 6.45) is 0.797. The maximum Gasteiger partial charge on any atom is 0.276 e. The van der Waals surface area contributed by atoms with Crippen molar-refractivity contribution in [3.8, 4) is 0 Å². The Labute approximate surface area is 143 Å². The number of benzene rings is 2. The number of nitro benzene ring substituents is 1. The van der Waals surface area contributed by atoms with E-state index in [4.69, 9.17) is 4.84 Å². The molecule has 0 fully saturated rings. The van der Waals surface area contributed by atoms with Crippen molar-refractivity contribution in [1.29, 1.82) is 0 Å². The van der Waals surface area contributed by atoms with E-state index >= 15 is 0 Å². The smallest absolute Gasteiger partial charge is 0.276 e. The largest absolute Gasteiger partial charge is 0.387 e. The van der Waals surface area contributed by atoms with Crippen molar-refractivity contribution < 1.29 is 14.6 Å². The molecule has 0 aromatic heterocycles. The van der Waals surface area contributed by atoms with Crippen LogP contribution in [0.15, 0.2) is 53.7 Å². The standard InChI is InChI=1S/C18H15N3O4/c22-18(15-11-17(25-19-15)13-4-2-1-3-5-13)20-9-8-12-6-7-14(21(23)24)10-16(12)20/h1-7,10,17H,8-9,11H2. The molecule has 2 heterocycles. The Morgan fingerprint density at radius 1 is 1.24 bits per heavy atom. The summed E-state index contributed by atoms with van der Waals surface area (Å²) in [5.74, 6) is -0.252. The highest BCUT2D eigenvalue weighted by Gasteiger charge is 2.34. The fraction of sp³-hybridized carbons (Fsp3) is 0.222. The third kappa shape index (κ3) is 2.73. The second-order valence-electron chi connectivity index (χ2n) is 6.02. The molecule has 0 spiro atoms. The van der Waals surface area contributed by atoms with E-state index in [-0.39, 0.29) is 17.7 Å². The average molecular weight is 337 g/mol. The van der Waals surface area contributed by atoms with Gasteiger partial charge in [-0.1, -0.05) is 41.6 Å². The zero-order chi connectivity index (χ0) is 17.4. The number of oxime groups is 1. The van der Waals surface area contributed by atoms with E-state index in [1.54, 1.807) is 11.0 Å². The normalized spacial score (nSPS) is 18.5. The van der Waals surface area contributed by atoms with E-state index in [0.717, 1.165) is 11.1 Å². The second-order valence-corrected chi connectivity index (χ2v) is 6.02. The van der Waals surface area contributed by atoms with Gasteiger partial charge in [0.1, 0.15) is 5.71 Å². The van der Waals surface area contributed by atoms with E-state index in [1.165, 1.54) is 12.1 Å². The zero-order valence-corrected chi connectivity index (χ0v) is 13.3. The molecule has 25 heavy (non-hydrogen) atoms. The van der Waals surface area contributed by atoms with Crippen molar-refractivity contribution in [2.24, 2.45) is 5.16 Å². The zero-order valence-electron chi connectivity index (χ0n) is 13.3. The first-order valence-corrected chi connectivity index (χ1v) is 8.00. The van der Waals surface area contributed by atoms with Crippen molar-refractivity contribution in [2.45, 2.75) is 18.9 Å². The van der Waals surface area contributed by atoms with Crippen LogP contribution in [-0.4, -0.2) is 23.1 Å². The van der Waals surface area contributed by atoms with Crippen LogP contribution in [-0.2, 0) is 16.1 Å². The first kappa shape index (κ1) is 15.3. The molecule has 4 rings (SSSR count). The number of amides is 1. The average Bonchev–Trinajstić information content (AvgIpc) is 3.28. The third-order valence-corrected chi connectivity index (χ3v) is 4.51. The Bertz CT molecular complexity index is 879. The Kier molecular flexibility index (Phi) is 3.68. The van der Waals surface area contributed by atoms with Crippen molar-refractivity contribution in [1.82, 2.24) is 0 Å². The summed E-state index contributed by atoms with van der Waals surface area (Å²) in [5, 5.41) is 15.0. The number of carbonyl (C=O) groups excluding carboxylic acids is 1. The summed E-state index contributed by atoms with van der Waals surface area (Å²) in [6, 6.07) is 14.2. The molecular formula is C18H15N3O4. The van der Waals surface area contributed by atoms with Gasteiger partial charge in [0.25, 0.3) is 11.6 Å². The van der Waals surface area contributed by atoms with Crippen LogP contribution < -0.4 is 4.90 Å². The highest BCUT2D eigenvalue weighted by atomic mass is 16.6. The number of fused-ring (bicyclic) bond motifs is 1. The molecule has 1 unspecified atom stereocenters. The predicted octanol–water partition coefficient (Wildman–Crippen LogP) is 3.00. The molecule has 0 bridgehead atoms. The molecule has 126 valence electrons. The molecule has 1 amide bonds. The molecule has 0 saturated carbocycles. The number of carbonyl (C=O) groups is 1. The van der Waals surface area contributed by atoms with Crippen molar-refractivity contribution >= 4 is 23.0 Å². The lowest BCUT2D eigenvalue weighted by molar-refractivity contribution is -0.384. The summed E-state index contributed by atoms with van der Waals surface area (Å²) in [7, 11) is 0. The lowest BCUT2D eigenvalue weighted by atomic mass is 10.0. The van der Waals surface area contributed by atoms with Crippen LogP contribution >= 0.6 is 0 Å². The van der Waals surface area contributed by atoms with Gasteiger partial charge in [-0.05, 0) is 17.5 Å². The minimum Gasteiger partial charge on any atom is -0.387 e. The first-order valence-electron chi connectivity index (χ1n) is 8.00. The SMILES string of the molecule is O=C(C1=NOC(c2ccccc2)C1)N1CCc2ccc([N+](=O)[O-])cc21. The highest BCUT2D eigenvalue weighted by molar-refractivity contribution is 6.44. The molecule has 2 aliphatic heterocycles. The molecule has 0 aliphatic carbocycles. The number of hydrogen-bond acceptors (Lipinski definition) is 5. The van der Waals surface area contributed by atoms with Crippen LogP contribution in [0.5, 0.6) is 0 Å². The number of nitrogens with zero attached hydrogens (tertiary/aromatic N) is 3. The molecular weight excluding hydrogens is 322 g/mol. The van der Waals surface area contributed by atoms with Crippen molar-refractivity contribution in [3.05, 3.63) is 69.8 Å². The molecule has 0 N–H and O–H groups in total. The molecule has 0 saturated heterocycles. The van der Waals surface area contributed by atoms with Crippen LogP contribution in [0.2, 0.25) is 0 Å². The van der Waals surface area contributed by atoms with Gasteiger partial charge in [-0.3, -0.25) is 14.9 Å². The van der Waals surface area contributed by atoms with E-state index in [2.05, 4.69) is 5.16 Å². The van der Waals surface area contributed by atoms with Gasteiger partial charge in [0, 0.05) is 25.1 Å². The summed E-state index contributed by atoms with van der Waals surface area (Å²) in [6.45, 7) is 0.490. The summed E-state index contributed by atoms with van der Waals surface area (Å²) in [4.78, 5) is 30.3. The number of hydrogen-bond donors (Lipinski definition) is 0. The van der Waals surface area contributed by atoms with Gasteiger partial charge in [-0.25, -0.2) is 0 Å². The van der Waals surface area contributed by atoms with Crippen LogP contribution in [0.1, 0.15) is 23.7 Å².